The predicted molar refractivity (Wildman–Crippen MR) is 109 cm³/mol. The van der Waals surface area contributed by atoms with Crippen molar-refractivity contribution in [3.05, 3.63) is 70.0 Å². The van der Waals surface area contributed by atoms with E-state index in [1.165, 1.54) is 19.2 Å². The van der Waals surface area contributed by atoms with Crippen molar-refractivity contribution in [1.29, 1.82) is 0 Å². The number of aromatic nitrogens is 2. The second-order valence-electron chi connectivity index (χ2n) is 6.12. The van der Waals surface area contributed by atoms with Gasteiger partial charge in [0.05, 0.1) is 34.4 Å². The van der Waals surface area contributed by atoms with Gasteiger partial charge in [-0.05, 0) is 71.7 Å². The van der Waals surface area contributed by atoms with E-state index in [-0.39, 0.29) is 4.90 Å². The summed E-state index contributed by atoms with van der Waals surface area (Å²) in [6.07, 6.45) is 0. The van der Waals surface area contributed by atoms with E-state index >= 15 is 0 Å². The first kappa shape index (κ1) is 19.4. The second kappa shape index (κ2) is 7.74. The first-order valence-corrected chi connectivity index (χ1v) is 10.5. The molecule has 142 valence electrons. The maximum Gasteiger partial charge on any atom is 0.261 e. The Hall–Kier alpha value is -2.32. The summed E-state index contributed by atoms with van der Waals surface area (Å²) in [5, 5.41) is 4.49. The third-order valence-electron chi connectivity index (χ3n) is 4.17. The minimum Gasteiger partial charge on any atom is -0.497 e. The van der Waals surface area contributed by atoms with Crippen molar-refractivity contribution in [1.82, 2.24) is 9.78 Å². The van der Waals surface area contributed by atoms with Crippen LogP contribution in [0, 0.1) is 13.8 Å². The van der Waals surface area contributed by atoms with E-state index in [0.717, 1.165) is 21.4 Å². The van der Waals surface area contributed by atoms with Gasteiger partial charge >= 0.3 is 0 Å². The van der Waals surface area contributed by atoms with Crippen molar-refractivity contribution in [3.8, 4) is 5.75 Å². The van der Waals surface area contributed by atoms with E-state index in [1.807, 2.05) is 36.7 Å². The number of hydrogen-bond acceptors (Lipinski definition) is 4. The molecule has 8 heteroatoms. The molecular weight excluding hydrogens is 430 g/mol. The van der Waals surface area contributed by atoms with Crippen LogP contribution in [0.15, 0.2) is 57.9 Å². The molecule has 0 saturated carbocycles. The van der Waals surface area contributed by atoms with E-state index in [9.17, 15) is 8.42 Å². The van der Waals surface area contributed by atoms with Crippen molar-refractivity contribution in [2.75, 3.05) is 11.8 Å². The minimum absolute atomic E-state index is 0.177. The summed E-state index contributed by atoms with van der Waals surface area (Å²) < 4.78 is 35.8. The molecule has 27 heavy (non-hydrogen) atoms. The monoisotopic (exact) mass is 449 g/mol. The molecule has 0 bridgehead atoms. The summed E-state index contributed by atoms with van der Waals surface area (Å²) in [4.78, 5) is 0.177. The van der Waals surface area contributed by atoms with E-state index < -0.39 is 10.0 Å². The normalized spacial score (nSPS) is 11.4. The van der Waals surface area contributed by atoms with Crippen molar-refractivity contribution in [3.63, 3.8) is 0 Å². The molecule has 3 aromatic rings. The molecule has 0 aliphatic rings. The molecule has 0 spiro atoms. The highest BCUT2D eigenvalue weighted by atomic mass is 79.9. The van der Waals surface area contributed by atoms with E-state index in [4.69, 9.17) is 4.74 Å². The fourth-order valence-electron chi connectivity index (χ4n) is 2.70. The van der Waals surface area contributed by atoms with Gasteiger partial charge < -0.3 is 4.74 Å². The Morgan fingerprint density at radius 2 is 1.85 bits per heavy atom. The summed E-state index contributed by atoms with van der Waals surface area (Å²) in [5.41, 5.74) is 3.40. The maximum atomic E-state index is 12.6. The number of nitrogens with zero attached hydrogens (tertiary/aromatic N) is 2. The first-order valence-electron chi connectivity index (χ1n) is 8.25. The third-order valence-corrected chi connectivity index (χ3v) is 6.72. The first-order chi connectivity index (χ1) is 12.8. The number of hydrogen-bond donors (Lipinski definition) is 1. The van der Waals surface area contributed by atoms with Crippen LogP contribution in [0.25, 0.3) is 0 Å². The van der Waals surface area contributed by atoms with E-state index in [0.29, 0.717) is 18.0 Å². The van der Waals surface area contributed by atoms with Gasteiger partial charge in [-0.15, -0.1) is 0 Å². The number of benzene rings is 2. The predicted octanol–water partition coefficient (Wildman–Crippen LogP) is 4.12. The average molecular weight is 450 g/mol. The standard InChI is InChI=1S/C19H20BrN3O3S/c1-13-19(20)14(2)23(21-13)12-15-5-4-6-16(11-15)22-27(24,25)18-9-7-17(26-3)8-10-18/h4-11,22H,12H2,1-3H3. The van der Waals surface area contributed by atoms with Crippen LogP contribution in [0.1, 0.15) is 17.0 Å². The Labute approximate surface area is 167 Å². The Kier molecular flexibility index (Phi) is 5.57. The third kappa shape index (κ3) is 4.33. The molecule has 0 radical (unpaired) electrons. The molecule has 2 aromatic carbocycles. The van der Waals surface area contributed by atoms with Gasteiger partial charge in [0.2, 0.25) is 0 Å². The largest absolute Gasteiger partial charge is 0.497 e. The Morgan fingerprint density at radius 3 is 2.44 bits per heavy atom. The number of rotatable bonds is 6. The Morgan fingerprint density at radius 1 is 1.15 bits per heavy atom. The second-order valence-corrected chi connectivity index (χ2v) is 8.60. The number of methoxy groups -OCH3 is 1. The molecule has 3 rings (SSSR count). The van der Waals surface area contributed by atoms with Crippen LogP contribution >= 0.6 is 15.9 Å². The number of nitrogens with one attached hydrogen (secondary N) is 1. The molecule has 0 aliphatic carbocycles. The number of anilines is 1. The molecule has 1 aromatic heterocycles. The van der Waals surface area contributed by atoms with Crippen molar-refractivity contribution in [2.24, 2.45) is 0 Å². The summed E-state index contributed by atoms with van der Waals surface area (Å²) in [6.45, 7) is 4.48. The van der Waals surface area contributed by atoms with Crippen LogP contribution in [0.4, 0.5) is 5.69 Å². The number of aryl methyl sites for hydroxylation is 1. The summed E-state index contributed by atoms with van der Waals surface area (Å²) >= 11 is 3.52. The van der Waals surface area contributed by atoms with Crippen LogP contribution < -0.4 is 9.46 Å². The van der Waals surface area contributed by atoms with Gasteiger partial charge in [0.15, 0.2) is 0 Å². The minimum atomic E-state index is -3.67. The zero-order valence-electron chi connectivity index (χ0n) is 15.2. The van der Waals surface area contributed by atoms with Crippen molar-refractivity contribution < 1.29 is 13.2 Å². The molecule has 1 heterocycles. The van der Waals surface area contributed by atoms with Crippen molar-refractivity contribution >= 4 is 31.6 Å². The zero-order chi connectivity index (χ0) is 19.6. The molecule has 0 saturated heterocycles. The fourth-order valence-corrected chi connectivity index (χ4v) is 4.04. The summed E-state index contributed by atoms with van der Waals surface area (Å²) in [7, 11) is -2.14. The van der Waals surface area contributed by atoms with Gasteiger partial charge in [-0.2, -0.15) is 5.10 Å². The lowest BCUT2D eigenvalue weighted by atomic mass is 10.2. The average Bonchev–Trinajstić information content (AvgIpc) is 2.88. The number of sulfonamides is 1. The molecule has 1 N–H and O–H groups in total. The highest BCUT2D eigenvalue weighted by molar-refractivity contribution is 9.10. The molecule has 0 atom stereocenters. The number of ether oxygens (including phenoxy) is 1. The van der Waals surface area contributed by atoms with Gasteiger partial charge in [-0.1, -0.05) is 12.1 Å². The lowest BCUT2D eigenvalue weighted by Gasteiger charge is -2.11. The molecule has 0 unspecified atom stereocenters. The number of halogens is 1. The van der Waals surface area contributed by atoms with Crippen LogP contribution in [-0.4, -0.2) is 25.3 Å². The van der Waals surface area contributed by atoms with Gasteiger partial charge in [0.1, 0.15) is 5.75 Å². The Balaban J connectivity index is 1.81. The molecular formula is C19H20BrN3O3S. The van der Waals surface area contributed by atoms with Gasteiger partial charge in [0.25, 0.3) is 10.0 Å². The smallest absolute Gasteiger partial charge is 0.261 e. The van der Waals surface area contributed by atoms with E-state index in [2.05, 4.69) is 25.8 Å². The molecule has 0 aliphatic heterocycles. The molecule has 6 nitrogen and oxygen atoms in total. The van der Waals surface area contributed by atoms with Crippen LogP contribution in [0.3, 0.4) is 0 Å². The van der Waals surface area contributed by atoms with E-state index in [1.54, 1.807) is 18.2 Å². The molecule has 0 fully saturated rings. The van der Waals surface area contributed by atoms with Gasteiger partial charge in [-0.3, -0.25) is 9.40 Å². The highest BCUT2D eigenvalue weighted by Gasteiger charge is 2.15. The van der Waals surface area contributed by atoms with Crippen LogP contribution in [-0.2, 0) is 16.6 Å². The lowest BCUT2D eigenvalue weighted by Crippen LogP contribution is -2.13. The molecule has 0 amide bonds. The van der Waals surface area contributed by atoms with Crippen molar-refractivity contribution in [2.45, 2.75) is 25.3 Å². The summed E-state index contributed by atoms with van der Waals surface area (Å²) in [5.74, 6) is 0.604. The van der Waals surface area contributed by atoms with Gasteiger partial charge in [-0.25, -0.2) is 8.42 Å². The van der Waals surface area contributed by atoms with Crippen LogP contribution in [0.5, 0.6) is 5.75 Å². The van der Waals surface area contributed by atoms with Gasteiger partial charge in [0, 0.05) is 5.69 Å². The Bertz CT molecular complexity index is 1060. The lowest BCUT2D eigenvalue weighted by molar-refractivity contribution is 0.414. The van der Waals surface area contributed by atoms with Crippen LogP contribution in [0.2, 0.25) is 0 Å². The SMILES string of the molecule is COc1ccc(S(=O)(=O)Nc2cccc(Cn3nc(C)c(Br)c3C)c2)cc1. The summed E-state index contributed by atoms with van der Waals surface area (Å²) in [6, 6.07) is 13.6. The topological polar surface area (TPSA) is 73.2 Å². The fraction of sp³-hybridized carbons (Fsp3) is 0.211. The maximum absolute atomic E-state index is 12.6. The quantitative estimate of drug-likeness (QED) is 0.613. The zero-order valence-corrected chi connectivity index (χ0v) is 17.6. The highest BCUT2D eigenvalue weighted by Crippen LogP contribution is 2.23.